The van der Waals surface area contributed by atoms with Crippen LogP contribution in [0.1, 0.15) is 48.4 Å². The first-order valence-corrected chi connectivity index (χ1v) is 9.60. The molecule has 4 rings (SSSR count). The Morgan fingerprint density at radius 2 is 2.00 bits per heavy atom. The Hall–Kier alpha value is -2.82. The number of carbonyl (C=O) groups is 1. The van der Waals surface area contributed by atoms with Crippen molar-refractivity contribution in [3.63, 3.8) is 0 Å². The van der Waals surface area contributed by atoms with Gasteiger partial charge in [-0.05, 0) is 44.4 Å². The number of nitrogens with zero attached hydrogens (tertiary/aromatic N) is 4. The third-order valence-electron chi connectivity index (χ3n) is 5.33. The Kier molecular flexibility index (Phi) is 4.60. The standard InChI is InChI=1S/C22H24N4O/c1-4-21-23-12-16(13-24-21)19-11-18(22(27)26-9-5-6-15(26)3)17-8-7-14(2)10-20(17)25-19/h7-8,10-13,15H,4-6,9H2,1-3H3/t15-/m1/s1. The highest BCUT2D eigenvalue weighted by Gasteiger charge is 2.27. The molecule has 0 radical (unpaired) electrons. The van der Waals surface area contributed by atoms with E-state index in [9.17, 15) is 4.79 Å². The molecule has 1 amide bonds. The molecule has 1 aliphatic heterocycles. The van der Waals surface area contributed by atoms with Gasteiger partial charge in [0.1, 0.15) is 5.82 Å². The van der Waals surface area contributed by atoms with E-state index in [4.69, 9.17) is 4.98 Å². The summed E-state index contributed by atoms with van der Waals surface area (Å²) in [5.41, 5.74) is 4.24. The summed E-state index contributed by atoms with van der Waals surface area (Å²) in [4.78, 5) is 28.9. The van der Waals surface area contributed by atoms with Crippen LogP contribution < -0.4 is 0 Å². The van der Waals surface area contributed by atoms with Gasteiger partial charge in [-0.3, -0.25) is 4.79 Å². The molecule has 1 aromatic carbocycles. The van der Waals surface area contributed by atoms with Crippen LogP contribution in [-0.2, 0) is 6.42 Å². The van der Waals surface area contributed by atoms with Gasteiger partial charge in [0.05, 0.1) is 16.8 Å². The maximum absolute atomic E-state index is 13.3. The van der Waals surface area contributed by atoms with Crippen molar-refractivity contribution >= 4 is 16.8 Å². The second kappa shape index (κ2) is 7.06. The fourth-order valence-corrected chi connectivity index (χ4v) is 3.72. The summed E-state index contributed by atoms with van der Waals surface area (Å²) < 4.78 is 0. The molecule has 5 heteroatoms. The zero-order valence-corrected chi connectivity index (χ0v) is 16.1. The van der Waals surface area contributed by atoms with Crippen molar-refractivity contribution in [3.05, 3.63) is 53.6 Å². The quantitative estimate of drug-likeness (QED) is 0.703. The Balaban J connectivity index is 1.86. The number of aromatic nitrogens is 3. The number of hydrogen-bond donors (Lipinski definition) is 0. The number of aryl methyl sites for hydroxylation is 2. The van der Waals surface area contributed by atoms with E-state index in [2.05, 4.69) is 16.9 Å². The molecule has 0 bridgehead atoms. The van der Waals surface area contributed by atoms with Gasteiger partial charge in [0, 0.05) is 42.4 Å². The monoisotopic (exact) mass is 360 g/mol. The topological polar surface area (TPSA) is 59.0 Å². The van der Waals surface area contributed by atoms with Gasteiger partial charge in [0.25, 0.3) is 5.91 Å². The Bertz CT molecular complexity index is 997. The molecule has 138 valence electrons. The van der Waals surface area contributed by atoms with Crippen LogP contribution in [0.5, 0.6) is 0 Å². The van der Waals surface area contributed by atoms with Crippen LogP contribution in [0.2, 0.25) is 0 Å². The molecule has 3 aromatic rings. The average molecular weight is 360 g/mol. The van der Waals surface area contributed by atoms with Crippen LogP contribution in [0, 0.1) is 6.92 Å². The maximum atomic E-state index is 13.3. The second-order valence-electron chi connectivity index (χ2n) is 7.31. The van der Waals surface area contributed by atoms with E-state index < -0.39 is 0 Å². The fraction of sp³-hybridized carbons (Fsp3) is 0.364. The third kappa shape index (κ3) is 3.29. The zero-order chi connectivity index (χ0) is 19.0. The highest BCUT2D eigenvalue weighted by molar-refractivity contribution is 6.07. The lowest BCUT2D eigenvalue weighted by molar-refractivity contribution is 0.0749. The average Bonchev–Trinajstić information content (AvgIpc) is 3.12. The van der Waals surface area contributed by atoms with E-state index in [-0.39, 0.29) is 11.9 Å². The molecule has 1 aliphatic rings. The summed E-state index contributed by atoms with van der Waals surface area (Å²) in [5.74, 6) is 0.890. The second-order valence-corrected chi connectivity index (χ2v) is 7.31. The van der Waals surface area contributed by atoms with E-state index in [1.54, 1.807) is 12.4 Å². The van der Waals surface area contributed by atoms with Gasteiger partial charge >= 0.3 is 0 Å². The van der Waals surface area contributed by atoms with Crippen molar-refractivity contribution in [2.24, 2.45) is 0 Å². The largest absolute Gasteiger partial charge is 0.336 e. The van der Waals surface area contributed by atoms with Crippen molar-refractivity contribution in [1.82, 2.24) is 19.9 Å². The summed E-state index contributed by atoms with van der Waals surface area (Å²) in [7, 11) is 0. The summed E-state index contributed by atoms with van der Waals surface area (Å²) in [6, 6.07) is 8.25. The van der Waals surface area contributed by atoms with Gasteiger partial charge in [0.2, 0.25) is 0 Å². The highest BCUT2D eigenvalue weighted by atomic mass is 16.2. The molecule has 0 N–H and O–H groups in total. The van der Waals surface area contributed by atoms with E-state index in [0.29, 0.717) is 5.56 Å². The molecule has 3 heterocycles. The molecular formula is C22H24N4O. The van der Waals surface area contributed by atoms with Gasteiger partial charge in [-0.15, -0.1) is 0 Å². The Morgan fingerprint density at radius 1 is 1.22 bits per heavy atom. The zero-order valence-electron chi connectivity index (χ0n) is 16.1. The van der Waals surface area contributed by atoms with Crippen LogP contribution in [0.15, 0.2) is 36.7 Å². The first kappa shape index (κ1) is 17.6. The number of amides is 1. The minimum Gasteiger partial charge on any atom is -0.336 e. The first-order valence-electron chi connectivity index (χ1n) is 9.60. The van der Waals surface area contributed by atoms with Crippen LogP contribution >= 0.6 is 0 Å². The molecule has 0 unspecified atom stereocenters. The van der Waals surface area contributed by atoms with Crippen molar-refractivity contribution < 1.29 is 4.79 Å². The predicted molar refractivity (Wildman–Crippen MR) is 107 cm³/mol. The van der Waals surface area contributed by atoms with E-state index >= 15 is 0 Å². The molecule has 0 spiro atoms. The molecule has 1 fully saturated rings. The van der Waals surface area contributed by atoms with E-state index in [1.807, 2.05) is 43.0 Å². The van der Waals surface area contributed by atoms with Gasteiger partial charge in [0.15, 0.2) is 0 Å². The molecule has 0 saturated carbocycles. The smallest absolute Gasteiger partial charge is 0.254 e. The number of carbonyl (C=O) groups excluding carboxylic acids is 1. The molecule has 2 aromatic heterocycles. The van der Waals surface area contributed by atoms with Crippen LogP contribution in [0.25, 0.3) is 22.2 Å². The normalized spacial score (nSPS) is 16.9. The lowest BCUT2D eigenvalue weighted by Crippen LogP contribution is -2.33. The van der Waals surface area contributed by atoms with Crippen molar-refractivity contribution in [2.75, 3.05) is 6.54 Å². The van der Waals surface area contributed by atoms with E-state index in [1.165, 1.54) is 0 Å². The molecule has 0 aliphatic carbocycles. The summed E-state index contributed by atoms with van der Waals surface area (Å²) in [6.07, 6.45) is 6.51. The van der Waals surface area contributed by atoms with Crippen LogP contribution in [0.3, 0.4) is 0 Å². The van der Waals surface area contributed by atoms with Crippen LogP contribution in [-0.4, -0.2) is 38.3 Å². The number of rotatable bonds is 3. The molecule has 1 saturated heterocycles. The minimum absolute atomic E-state index is 0.0867. The molecule has 1 atom stereocenters. The molecular weight excluding hydrogens is 336 g/mol. The van der Waals surface area contributed by atoms with E-state index in [0.717, 1.165) is 59.4 Å². The SMILES string of the molecule is CCc1ncc(-c2cc(C(=O)N3CCC[C@H]3C)c3ccc(C)cc3n2)cn1. The summed E-state index contributed by atoms with van der Waals surface area (Å²) >= 11 is 0. The van der Waals surface area contributed by atoms with Crippen molar-refractivity contribution in [3.8, 4) is 11.3 Å². The highest BCUT2D eigenvalue weighted by Crippen LogP contribution is 2.28. The van der Waals surface area contributed by atoms with Gasteiger partial charge in [-0.25, -0.2) is 15.0 Å². The lowest BCUT2D eigenvalue weighted by atomic mass is 10.0. The third-order valence-corrected chi connectivity index (χ3v) is 5.33. The summed E-state index contributed by atoms with van der Waals surface area (Å²) in [5, 5.41) is 0.902. The van der Waals surface area contributed by atoms with Crippen molar-refractivity contribution in [1.29, 1.82) is 0 Å². The molecule has 27 heavy (non-hydrogen) atoms. The predicted octanol–water partition coefficient (Wildman–Crippen LogP) is 4.19. The maximum Gasteiger partial charge on any atom is 0.254 e. The van der Waals surface area contributed by atoms with Crippen molar-refractivity contribution in [2.45, 2.75) is 46.1 Å². The number of likely N-dealkylation sites (tertiary alicyclic amines) is 1. The van der Waals surface area contributed by atoms with Crippen LogP contribution in [0.4, 0.5) is 0 Å². The number of pyridine rings is 1. The minimum atomic E-state index is 0.0867. The molecule has 5 nitrogen and oxygen atoms in total. The van der Waals surface area contributed by atoms with Gasteiger partial charge < -0.3 is 4.90 Å². The Labute approximate surface area is 159 Å². The number of fused-ring (bicyclic) bond motifs is 1. The van der Waals surface area contributed by atoms with Gasteiger partial charge in [-0.1, -0.05) is 19.1 Å². The summed E-state index contributed by atoms with van der Waals surface area (Å²) in [6.45, 7) is 7.01. The number of hydrogen-bond acceptors (Lipinski definition) is 4. The first-order chi connectivity index (χ1) is 13.1. The fourth-order valence-electron chi connectivity index (χ4n) is 3.72. The van der Waals surface area contributed by atoms with Gasteiger partial charge in [-0.2, -0.15) is 0 Å². The number of benzene rings is 1. The Morgan fingerprint density at radius 3 is 2.67 bits per heavy atom. The lowest BCUT2D eigenvalue weighted by Gasteiger charge is -2.22.